The van der Waals surface area contributed by atoms with Crippen LogP contribution < -0.4 is 0 Å². The molecule has 0 unspecified atom stereocenters. The van der Waals surface area contributed by atoms with Crippen molar-refractivity contribution in [2.45, 2.75) is 6.04 Å². The fourth-order valence-electron chi connectivity index (χ4n) is 2.62. The van der Waals surface area contributed by atoms with Gasteiger partial charge in [0.15, 0.2) is 11.0 Å². The summed E-state index contributed by atoms with van der Waals surface area (Å²) in [5.74, 6) is 0.0558. The highest BCUT2D eigenvalue weighted by molar-refractivity contribution is 8.14. The van der Waals surface area contributed by atoms with Crippen molar-refractivity contribution in [3.63, 3.8) is 0 Å². The Bertz CT molecular complexity index is 1010. The van der Waals surface area contributed by atoms with Crippen LogP contribution in [0.15, 0.2) is 40.8 Å². The molecule has 1 N–H and O–H groups in total. The highest BCUT2D eigenvalue weighted by atomic mass is 32.2. The number of hydrogen-bond acceptors (Lipinski definition) is 7. The van der Waals surface area contributed by atoms with Gasteiger partial charge in [-0.15, -0.1) is 23.1 Å². The zero-order chi connectivity index (χ0) is 17.4. The van der Waals surface area contributed by atoms with Crippen LogP contribution in [0.25, 0.3) is 10.9 Å². The molecule has 6 nitrogen and oxygen atoms in total. The van der Waals surface area contributed by atoms with E-state index in [2.05, 4.69) is 15.0 Å². The normalized spacial score (nSPS) is 16.8. The van der Waals surface area contributed by atoms with Gasteiger partial charge < -0.3 is 9.72 Å². The van der Waals surface area contributed by atoms with Gasteiger partial charge >= 0.3 is 5.97 Å². The third-order valence-electron chi connectivity index (χ3n) is 3.88. The van der Waals surface area contributed by atoms with Crippen molar-refractivity contribution in [1.29, 1.82) is 0 Å². The van der Waals surface area contributed by atoms with E-state index in [1.807, 2.05) is 24.3 Å². The molecule has 4 rings (SSSR count). The number of hydrogen-bond donors (Lipinski definition) is 1. The molecule has 126 valence electrons. The maximum atomic E-state index is 12.8. The van der Waals surface area contributed by atoms with Gasteiger partial charge in [0.25, 0.3) is 0 Å². The molecule has 3 aromatic rings. The molecule has 0 fully saturated rings. The first kappa shape index (κ1) is 16.0. The number of nitrogens with zero attached hydrogens (tertiary/aromatic N) is 2. The van der Waals surface area contributed by atoms with Gasteiger partial charge in [-0.05, 0) is 6.07 Å². The second kappa shape index (κ2) is 6.45. The number of nitrogens with one attached hydrogen (secondary N) is 1. The van der Waals surface area contributed by atoms with E-state index in [9.17, 15) is 9.59 Å². The summed E-state index contributed by atoms with van der Waals surface area (Å²) in [6.07, 6.45) is 1.71. The highest BCUT2D eigenvalue weighted by Crippen LogP contribution is 2.27. The zero-order valence-corrected chi connectivity index (χ0v) is 14.8. The third-order valence-corrected chi connectivity index (χ3v) is 5.79. The second-order valence-electron chi connectivity index (χ2n) is 5.40. The molecule has 1 aromatic carbocycles. The lowest BCUT2D eigenvalue weighted by Gasteiger charge is -2.00. The maximum Gasteiger partial charge on any atom is 0.331 e. The number of carbonyl (C=O) groups excluding carboxylic acids is 2. The number of rotatable bonds is 4. The largest absolute Gasteiger partial charge is 0.467 e. The summed E-state index contributed by atoms with van der Waals surface area (Å²) in [5.41, 5.74) is 2.15. The Morgan fingerprint density at radius 1 is 1.32 bits per heavy atom. The van der Waals surface area contributed by atoms with Crippen LogP contribution in [0.1, 0.15) is 21.1 Å². The number of ketones is 1. The maximum absolute atomic E-state index is 12.8. The van der Waals surface area contributed by atoms with Gasteiger partial charge in [-0.1, -0.05) is 18.2 Å². The quantitative estimate of drug-likeness (QED) is 0.563. The van der Waals surface area contributed by atoms with E-state index in [0.717, 1.165) is 10.9 Å². The Labute approximate surface area is 151 Å². The Hall–Kier alpha value is -2.45. The summed E-state index contributed by atoms with van der Waals surface area (Å²) >= 11 is 2.73. The van der Waals surface area contributed by atoms with Crippen molar-refractivity contribution in [3.05, 3.63) is 52.1 Å². The van der Waals surface area contributed by atoms with E-state index in [1.54, 1.807) is 11.6 Å². The lowest BCUT2D eigenvalue weighted by Crippen LogP contribution is -2.19. The van der Waals surface area contributed by atoms with Crippen LogP contribution in [-0.4, -0.2) is 45.7 Å². The van der Waals surface area contributed by atoms with E-state index in [4.69, 9.17) is 4.74 Å². The molecule has 2 aromatic heterocycles. The standard InChI is InChI=1S/C17H13N3O3S2/c1-23-17(22)13-8-24-15(20-13)12-7-25-16(19-12)14(21)10-6-18-11-5-3-2-4-9(10)11/h2-7,13,18H,8H2,1H3/t13-/m0/s1. The topological polar surface area (TPSA) is 84.4 Å². The van der Waals surface area contributed by atoms with Gasteiger partial charge in [0, 0.05) is 28.2 Å². The first-order valence-corrected chi connectivity index (χ1v) is 9.39. The summed E-state index contributed by atoms with van der Waals surface area (Å²) < 4.78 is 4.72. The van der Waals surface area contributed by atoms with E-state index < -0.39 is 6.04 Å². The SMILES string of the molecule is COC(=O)[C@@H]1CSC(c2csc(C(=O)c3c[nH]c4ccccc34)n2)=N1. The van der Waals surface area contributed by atoms with Gasteiger partial charge in [0.2, 0.25) is 5.78 Å². The van der Waals surface area contributed by atoms with Crippen molar-refractivity contribution >= 4 is 50.8 Å². The number of aromatic amines is 1. The number of ether oxygens (including phenoxy) is 1. The van der Waals surface area contributed by atoms with Crippen LogP contribution in [0.4, 0.5) is 0 Å². The van der Waals surface area contributed by atoms with Crippen LogP contribution in [0.5, 0.6) is 0 Å². The van der Waals surface area contributed by atoms with Crippen LogP contribution >= 0.6 is 23.1 Å². The van der Waals surface area contributed by atoms with Crippen LogP contribution in [-0.2, 0) is 9.53 Å². The van der Waals surface area contributed by atoms with Gasteiger partial charge in [-0.3, -0.25) is 9.79 Å². The number of methoxy groups -OCH3 is 1. The number of carbonyl (C=O) groups is 2. The Morgan fingerprint density at radius 2 is 2.16 bits per heavy atom. The van der Waals surface area contributed by atoms with E-state index in [1.165, 1.54) is 30.2 Å². The first-order chi connectivity index (χ1) is 12.2. The number of H-pyrrole nitrogens is 1. The molecule has 0 bridgehead atoms. The van der Waals surface area contributed by atoms with E-state index >= 15 is 0 Å². The molecule has 0 amide bonds. The molecule has 25 heavy (non-hydrogen) atoms. The lowest BCUT2D eigenvalue weighted by atomic mass is 10.1. The molecule has 0 saturated heterocycles. The molecule has 1 aliphatic rings. The molecule has 0 aliphatic carbocycles. The molecule has 0 spiro atoms. The van der Waals surface area contributed by atoms with Crippen LogP contribution in [0, 0.1) is 0 Å². The summed E-state index contributed by atoms with van der Waals surface area (Å²) in [5, 5.41) is 3.75. The zero-order valence-electron chi connectivity index (χ0n) is 13.2. The van der Waals surface area contributed by atoms with Crippen molar-refractivity contribution in [2.75, 3.05) is 12.9 Å². The minimum Gasteiger partial charge on any atom is -0.467 e. The minimum atomic E-state index is -0.500. The summed E-state index contributed by atoms with van der Waals surface area (Å²) in [6, 6.07) is 7.15. The number of esters is 1. The van der Waals surface area contributed by atoms with Crippen molar-refractivity contribution < 1.29 is 14.3 Å². The summed E-state index contributed by atoms with van der Waals surface area (Å²) in [4.78, 5) is 36.2. The third kappa shape index (κ3) is 2.87. The summed E-state index contributed by atoms with van der Waals surface area (Å²) in [7, 11) is 1.35. The Morgan fingerprint density at radius 3 is 3.00 bits per heavy atom. The number of benzene rings is 1. The number of thiazole rings is 1. The number of aliphatic imine (C=N–C) groups is 1. The smallest absolute Gasteiger partial charge is 0.331 e. The van der Waals surface area contributed by atoms with Crippen molar-refractivity contribution in [2.24, 2.45) is 4.99 Å². The van der Waals surface area contributed by atoms with Crippen molar-refractivity contribution in [3.8, 4) is 0 Å². The highest BCUT2D eigenvalue weighted by Gasteiger charge is 2.28. The fourth-order valence-corrected chi connectivity index (χ4v) is 4.43. The molecule has 0 saturated carbocycles. The minimum absolute atomic E-state index is 0.123. The van der Waals surface area contributed by atoms with E-state index in [-0.39, 0.29) is 11.8 Å². The molecule has 1 aliphatic heterocycles. The van der Waals surface area contributed by atoms with E-state index in [0.29, 0.717) is 27.1 Å². The molecule has 8 heteroatoms. The predicted molar refractivity (Wildman–Crippen MR) is 98.6 cm³/mol. The number of aromatic nitrogens is 2. The second-order valence-corrected chi connectivity index (χ2v) is 7.27. The monoisotopic (exact) mass is 371 g/mol. The first-order valence-electron chi connectivity index (χ1n) is 7.52. The van der Waals surface area contributed by atoms with Crippen LogP contribution in [0.2, 0.25) is 0 Å². The predicted octanol–water partition coefficient (Wildman–Crippen LogP) is 2.89. The molecular weight excluding hydrogens is 358 g/mol. The van der Waals surface area contributed by atoms with Gasteiger partial charge in [0.1, 0.15) is 10.7 Å². The van der Waals surface area contributed by atoms with Crippen molar-refractivity contribution in [1.82, 2.24) is 9.97 Å². The molecule has 0 radical (unpaired) electrons. The van der Waals surface area contributed by atoms with Crippen LogP contribution in [0.3, 0.4) is 0 Å². The van der Waals surface area contributed by atoms with Gasteiger partial charge in [-0.2, -0.15) is 0 Å². The molecule has 1 atom stereocenters. The molecule has 3 heterocycles. The average Bonchev–Trinajstić information content (AvgIpc) is 3.38. The number of para-hydroxylation sites is 1. The number of thioether (sulfide) groups is 1. The molecular formula is C17H13N3O3S2. The van der Waals surface area contributed by atoms with Gasteiger partial charge in [0.05, 0.1) is 12.7 Å². The van der Waals surface area contributed by atoms with Gasteiger partial charge in [-0.25, -0.2) is 9.78 Å². The Balaban J connectivity index is 1.61. The average molecular weight is 371 g/mol. The summed E-state index contributed by atoms with van der Waals surface area (Å²) in [6.45, 7) is 0. The fraction of sp³-hybridized carbons (Fsp3) is 0.176. The number of fused-ring (bicyclic) bond motifs is 1. The lowest BCUT2D eigenvalue weighted by molar-refractivity contribution is -0.141. The Kier molecular flexibility index (Phi) is 4.14.